The number of fused-ring (bicyclic) bond motifs is 2. The van der Waals surface area contributed by atoms with Crippen LogP contribution in [0.2, 0.25) is 5.02 Å². The molecule has 0 unspecified atom stereocenters. The van der Waals surface area contributed by atoms with Gasteiger partial charge in [0.2, 0.25) is 5.16 Å². The minimum Gasteiger partial charge on any atom is -0.258 e. The Morgan fingerprint density at radius 2 is 1.60 bits per heavy atom. The van der Waals surface area contributed by atoms with Crippen LogP contribution in [0.5, 0.6) is 0 Å². The van der Waals surface area contributed by atoms with Gasteiger partial charge in [-0.2, -0.15) is 14.9 Å². The van der Waals surface area contributed by atoms with Crippen LogP contribution in [0.15, 0.2) is 94.1 Å². The minimum atomic E-state index is -0.422. The molecule has 0 atom stereocenters. The Bertz CT molecular complexity index is 1590. The molecular formula is C24H14ClN7O2S. The summed E-state index contributed by atoms with van der Waals surface area (Å²) in [5.74, 6) is 0.585. The van der Waals surface area contributed by atoms with Crippen LogP contribution in [0.3, 0.4) is 0 Å². The van der Waals surface area contributed by atoms with Gasteiger partial charge in [0.15, 0.2) is 5.82 Å². The molecule has 3 aromatic carbocycles. The summed E-state index contributed by atoms with van der Waals surface area (Å²) in [4.78, 5) is 10.7. The molecule has 0 saturated carbocycles. The lowest BCUT2D eigenvalue weighted by Crippen LogP contribution is -1.99. The second-order valence-corrected chi connectivity index (χ2v) is 8.98. The first kappa shape index (κ1) is 21.3. The molecule has 170 valence electrons. The molecule has 0 amide bonds. The van der Waals surface area contributed by atoms with Gasteiger partial charge in [0, 0.05) is 28.3 Å². The van der Waals surface area contributed by atoms with E-state index in [1.165, 1.54) is 23.9 Å². The molecule has 0 bridgehead atoms. The van der Waals surface area contributed by atoms with E-state index < -0.39 is 4.92 Å². The van der Waals surface area contributed by atoms with Crippen LogP contribution in [-0.4, -0.2) is 35.8 Å². The quantitative estimate of drug-likeness (QED) is 0.227. The lowest BCUT2D eigenvalue weighted by Gasteiger charge is -2.06. The molecule has 0 spiro atoms. The highest BCUT2D eigenvalue weighted by Crippen LogP contribution is 2.39. The largest absolute Gasteiger partial charge is 0.269 e. The van der Waals surface area contributed by atoms with E-state index in [1.807, 2.05) is 47.1 Å². The minimum absolute atomic E-state index is 0.0178. The first-order chi connectivity index (χ1) is 17.1. The zero-order chi connectivity index (χ0) is 23.9. The molecule has 11 heteroatoms. The van der Waals surface area contributed by atoms with Gasteiger partial charge in [-0.1, -0.05) is 29.8 Å². The second-order valence-electron chi connectivity index (χ2n) is 7.59. The predicted molar refractivity (Wildman–Crippen MR) is 133 cm³/mol. The molecular weight excluding hydrogens is 486 g/mol. The number of para-hydroxylation sites is 1. The highest BCUT2D eigenvalue weighted by atomic mass is 35.5. The van der Waals surface area contributed by atoms with E-state index in [9.17, 15) is 10.1 Å². The number of halogens is 1. The summed E-state index contributed by atoms with van der Waals surface area (Å²) >= 11 is 7.44. The third-order valence-electron chi connectivity index (χ3n) is 5.43. The molecule has 0 fully saturated rings. The monoisotopic (exact) mass is 499 g/mol. The van der Waals surface area contributed by atoms with Crippen LogP contribution in [0.25, 0.3) is 28.3 Å². The summed E-state index contributed by atoms with van der Waals surface area (Å²) in [5, 5.41) is 31.4. The third kappa shape index (κ3) is 3.78. The van der Waals surface area contributed by atoms with Crippen molar-refractivity contribution in [3.8, 4) is 28.3 Å². The first-order valence-corrected chi connectivity index (χ1v) is 11.6. The lowest BCUT2D eigenvalue weighted by atomic mass is 10.1. The summed E-state index contributed by atoms with van der Waals surface area (Å²) in [6.07, 6.45) is 1.73. The van der Waals surface area contributed by atoms with Crippen molar-refractivity contribution < 1.29 is 4.92 Å². The number of aromatic nitrogens is 5. The van der Waals surface area contributed by atoms with Gasteiger partial charge in [-0.15, -0.1) is 10.2 Å². The topological polar surface area (TPSA) is 104 Å². The number of hydrogen-bond acceptors (Lipinski definition) is 7. The van der Waals surface area contributed by atoms with Crippen LogP contribution in [0.1, 0.15) is 5.56 Å². The van der Waals surface area contributed by atoms with E-state index >= 15 is 0 Å². The van der Waals surface area contributed by atoms with Crippen molar-refractivity contribution in [1.82, 2.24) is 24.7 Å². The van der Waals surface area contributed by atoms with E-state index in [1.54, 1.807) is 35.2 Å². The molecule has 0 N–H and O–H groups in total. The zero-order valence-electron chi connectivity index (χ0n) is 17.8. The maximum absolute atomic E-state index is 11.1. The van der Waals surface area contributed by atoms with E-state index in [0.717, 1.165) is 27.4 Å². The Balaban J connectivity index is 1.51. The molecule has 3 heterocycles. The van der Waals surface area contributed by atoms with E-state index in [4.69, 9.17) is 16.7 Å². The summed E-state index contributed by atoms with van der Waals surface area (Å²) in [5.41, 5.74) is 3.89. The number of non-ortho nitro benzene ring substituents is 1. The highest BCUT2D eigenvalue weighted by Gasteiger charge is 2.26. The van der Waals surface area contributed by atoms with Crippen LogP contribution in [0.4, 0.5) is 5.69 Å². The summed E-state index contributed by atoms with van der Waals surface area (Å²) in [6.45, 7) is 0. The average Bonchev–Trinajstić information content (AvgIpc) is 3.40. The number of hydrogen-bond donors (Lipinski definition) is 0. The van der Waals surface area contributed by atoms with Crippen LogP contribution in [-0.2, 0) is 0 Å². The van der Waals surface area contributed by atoms with Crippen molar-refractivity contribution >= 4 is 35.3 Å². The maximum atomic E-state index is 11.1. The van der Waals surface area contributed by atoms with Gasteiger partial charge in [-0.05, 0) is 60.3 Å². The van der Waals surface area contributed by atoms with Crippen molar-refractivity contribution in [2.75, 3.05) is 0 Å². The average molecular weight is 500 g/mol. The molecule has 0 aliphatic carbocycles. The molecule has 6 rings (SSSR count). The highest BCUT2D eigenvalue weighted by molar-refractivity contribution is 7.99. The van der Waals surface area contributed by atoms with Crippen molar-refractivity contribution in [2.24, 2.45) is 5.10 Å². The summed E-state index contributed by atoms with van der Waals surface area (Å²) in [6, 6.07) is 23.4. The standard InChI is InChI=1S/C24H14ClN7O2S/c25-17-10-6-16(7-11-17)22-27-28-24-31(22)26-14-20-21(15-8-12-19(13-9-15)32(33)34)29-30(23(20)35-24)18-4-2-1-3-5-18/h1-14H. The first-order valence-electron chi connectivity index (χ1n) is 10.5. The Morgan fingerprint density at radius 1 is 0.886 bits per heavy atom. The lowest BCUT2D eigenvalue weighted by molar-refractivity contribution is -0.384. The Labute approximate surface area is 207 Å². The molecule has 0 saturated heterocycles. The molecule has 1 aliphatic heterocycles. The smallest absolute Gasteiger partial charge is 0.258 e. The van der Waals surface area contributed by atoms with Crippen molar-refractivity contribution in [2.45, 2.75) is 10.2 Å². The number of nitro benzene ring substituents is 1. The van der Waals surface area contributed by atoms with Gasteiger partial charge in [-0.25, -0.2) is 4.68 Å². The number of benzene rings is 3. The Morgan fingerprint density at radius 3 is 2.31 bits per heavy atom. The van der Waals surface area contributed by atoms with Crippen molar-refractivity contribution in [3.63, 3.8) is 0 Å². The number of nitro groups is 1. The molecule has 1 aliphatic rings. The van der Waals surface area contributed by atoms with Gasteiger partial charge in [-0.3, -0.25) is 10.1 Å². The fourth-order valence-electron chi connectivity index (χ4n) is 3.74. The van der Waals surface area contributed by atoms with Crippen LogP contribution < -0.4 is 0 Å². The molecule has 35 heavy (non-hydrogen) atoms. The second kappa shape index (κ2) is 8.49. The van der Waals surface area contributed by atoms with Crippen molar-refractivity contribution in [3.05, 3.63) is 99.6 Å². The Kier molecular flexibility index (Phi) is 5.16. The maximum Gasteiger partial charge on any atom is 0.269 e. The number of rotatable bonds is 4. The van der Waals surface area contributed by atoms with E-state index in [2.05, 4.69) is 15.3 Å². The van der Waals surface area contributed by atoms with Crippen LogP contribution >= 0.6 is 23.4 Å². The van der Waals surface area contributed by atoms with Gasteiger partial charge >= 0.3 is 0 Å². The van der Waals surface area contributed by atoms with Gasteiger partial charge in [0.1, 0.15) is 10.7 Å². The van der Waals surface area contributed by atoms with Gasteiger partial charge in [0.05, 0.1) is 22.4 Å². The zero-order valence-corrected chi connectivity index (χ0v) is 19.4. The molecule has 2 aromatic heterocycles. The van der Waals surface area contributed by atoms with Gasteiger partial charge < -0.3 is 0 Å². The SMILES string of the molecule is O=[N+]([O-])c1ccc(-c2nn(-c3ccccc3)c3c2C=Nn2c(nnc2-c2ccc(Cl)cc2)S3)cc1. The fraction of sp³-hybridized carbons (Fsp3) is 0. The van der Waals surface area contributed by atoms with E-state index in [-0.39, 0.29) is 5.69 Å². The van der Waals surface area contributed by atoms with Crippen molar-refractivity contribution in [1.29, 1.82) is 0 Å². The van der Waals surface area contributed by atoms with Gasteiger partial charge in [0.25, 0.3) is 5.69 Å². The third-order valence-corrected chi connectivity index (χ3v) is 6.71. The fourth-order valence-corrected chi connectivity index (χ4v) is 4.83. The predicted octanol–water partition coefficient (Wildman–Crippen LogP) is 5.71. The molecule has 0 radical (unpaired) electrons. The van der Waals surface area contributed by atoms with E-state index in [0.29, 0.717) is 21.7 Å². The molecule has 9 nitrogen and oxygen atoms in total. The Hall–Kier alpha value is -4.28. The molecule has 5 aromatic rings. The summed E-state index contributed by atoms with van der Waals surface area (Å²) < 4.78 is 3.51. The number of nitrogens with zero attached hydrogens (tertiary/aromatic N) is 7. The summed E-state index contributed by atoms with van der Waals surface area (Å²) in [7, 11) is 0. The normalized spacial score (nSPS) is 12.1. The van der Waals surface area contributed by atoms with Crippen LogP contribution in [0, 0.1) is 10.1 Å².